The van der Waals surface area contributed by atoms with Gasteiger partial charge in [-0.15, -0.1) is 0 Å². The van der Waals surface area contributed by atoms with Crippen molar-refractivity contribution in [3.63, 3.8) is 0 Å². The lowest BCUT2D eigenvalue weighted by Crippen LogP contribution is -1.99. The Morgan fingerprint density at radius 1 is 1.35 bits per heavy atom. The van der Waals surface area contributed by atoms with Crippen LogP contribution in [0.2, 0.25) is 0 Å². The van der Waals surface area contributed by atoms with Crippen LogP contribution < -0.4 is 0 Å². The van der Waals surface area contributed by atoms with E-state index in [4.69, 9.17) is 4.74 Å². The van der Waals surface area contributed by atoms with E-state index < -0.39 is 10.9 Å². The summed E-state index contributed by atoms with van der Waals surface area (Å²) in [5.74, 6) is -0.219. The fourth-order valence-electron chi connectivity index (χ4n) is 1.37. The van der Waals surface area contributed by atoms with Crippen LogP contribution in [0.3, 0.4) is 0 Å². The Morgan fingerprint density at radius 3 is 2.47 bits per heavy atom. The van der Waals surface area contributed by atoms with Crippen molar-refractivity contribution >= 4 is 23.6 Å². The maximum Gasteiger partial charge on any atom is 0.363 e. The van der Waals surface area contributed by atoms with Gasteiger partial charge in [-0.1, -0.05) is 0 Å². The van der Waals surface area contributed by atoms with E-state index in [1.54, 1.807) is 19.1 Å². The molecule has 2 rings (SSSR count). The summed E-state index contributed by atoms with van der Waals surface area (Å²) in [7, 11) is 0. The summed E-state index contributed by atoms with van der Waals surface area (Å²) < 4.78 is 4.74. The highest BCUT2D eigenvalue weighted by Gasteiger charge is 2.19. The predicted octanol–water partition coefficient (Wildman–Crippen LogP) is 1.91. The molecule has 6 nitrogen and oxygen atoms in total. The molecule has 17 heavy (non-hydrogen) atoms. The second-order valence-electron chi connectivity index (χ2n) is 3.40. The Balaban J connectivity index is 2.28. The zero-order chi connectivity index (χ0) is 12.4. The van der Waals surface area contributed by atoms with Gasteiger partial charge in [-0.05, 0) is 23.8 Å². The van der Waals surface area contributed by atoms with Crippen molar-refractivity contribution in [2.24, 2.45) is 4.99 Å². The fraction of sp³-hybridized carbons (Fsp3) is 0.0909. The zero-order valence-corrected chi connectivity index (χ0v) is 8.91. The largest absolute Gasteiger partial charge is 0.407 e. The topological polar surface area (TPSA) is 81.8 Å². The highest BCUT2D eigenvalue weighted by Crippen LogP contribution is 2.17. The molecular weight excluding hydrogens is 224 g/mol. The normalized spacial score (nSPS) is 16.9. The number of hydrogen-bond acceptors (Lipinski definition) is 5. The first-order valence-corrected chi connectivity index (χ1v) is 4.80. The van der Waals surface area contributed by atoms with Crippen molar-refractivity contribution in [3.05, 3.63) is 45.6 Å². The summed E-state index contributed by atoms with van der Waals surface area (Å²) in [6, 6.07) is 5.82. The number of benzene rings is 1. The third kappa shape index (κ3) is 2.36. The van der Waals surface area contributed by atoms with Gasteiger partial charge in [-0.25, -0.2) is 9.79 Å². The minimum Gasteiger partial charge on any atom is -0.407 e. The molecule has 86 valence electrons. The molecule has 0 aromatic heterocycles. The van der Waals surface area contributed by atoms with Gasteiger partial charge in [0.25, 0.3) is 5.69 Å². The third-order valence-corrected chi connectivity index (χ3v) is 2.13. The van der Waals surface area contributed by atoms with Crippen LogP contribution in [0.1, 0.15) is 12.5 Å². The number of non-ortho nitro benzene ring substituents is 1. The molecule has 0 bridgehead atoms. The Kier molecular flexibility index (Phi) is 2.70. The second kappa shape index (κ2) is 4.17. The van der Waals surface area contributed by atoms with Gasteiger partial charge in [0.2, 0.25) is 0 Å². The van der Waals surface area contributed by atoms with E-state index in [-0.39, 0.29) is 11.4 Å². The lowest BCUT2D eigenvalue weighted by Gasteiger charge is -1.94. The molecule has 0 fully saturated rings. The zero-order valence-electron chi connectivity index (χ0n) is 8.91. The second-order valence-corrected chi connectivity index (χ2v) is 3.40. The molecule has 0 aliphatic carbocycles. The molecule has 1 aromatic rings. The highest BCUT2D eigenvalue weighted by atomic mass is 16.6. The van der Waals surface area contributed by atoms with Crippen LogP contribution in [-0.4, -0.2) is 16.8 Å². The molecule has 1 aromatic carbocycles. The molecule has 1 heterocycles. The van der Waals surface area contributed by atoms with Gasteiger partial charge in [-0.2, -0.15) is 0 Å². The van der Waals surface area contributed by atoms with Gasteiger partial charge in [0.15, 0.2) is 11.6 Å². The van der Waals surface area contributed by atoms with Gasteiger partial charge >= 0.3 is 5.97 Å². The maximum atomic E-state index is 11.3. The van der Waals surface area contributed by atoms with Crippen LogP contribution >= 0.6 is 0 Å². The number of nitro benzene ring substituents is 1. The summed E-state index contributed by atoms with van der Waals surface area (Å²) in [6.07, 6.45) is 1.52. The number of nitro groups is 1. The first-order valence-electron chi connectivity index (χ1n) is 4.80. The molecule has 1 aliphatic heterocycles. The molecule has 6 heteroatoms. The molecule has 0 spiro atoms. The van der Waals surface area contributed by atoms with Gasteiger partial charge in [0.05, 0.1) is 4.92 Å². The molecule has 1 aliphatic rings. The van der Waals surface area contributed by atoms with Crippen molar-refractivity contribution in [2.45, 2.75) is 6.92 Å². The predicted molar refractivity (Wildman–Crippen MR) is 60.3 cm³/mol. The molecule has 0 unspecified atom stereocenters. The minimum absolute atomic E-state index is 0.000769. The minimum atomic E-state index is -0.513. The third-order valence-electron chi connectivity index (χ3n) is 2.13. The van der Waals surface area contributed by atoms with Gasteiger partial charge in [-0.3, -0.25) is 10.1 Å². The summed E-state index contributed by atoms with van der Waals surface area (Å²) in [4.78, 5) is 25.1. The number of esters is 1. The standard InChI is InChI=1S/C11H8N2O4/c1-7-12-10(11(14)17-7)6-8-2-4-9(5-3-8)13(15)16/h2-6H,1H3/b10-6+. The Bertz CT molecular complexity index is 543. The number of aliphatic imine (C=N–C) groups is 1. The number of carbonyl (C=O) groups is 1. The highest BCUT2D eigenvalue weighted by molar-refractivity contribution is 6.06. The van der Waals surface area contributed by atoms with Crippen molar-refractivity contribution < 1.29 is 14.5 Å². The van der Waals surface area contributed by atoms with Crippen LogP contribution in [-0.2, 0) is 9.53 Å². The van der Waals surface area contributed by atoms with Crippen molar-refractivity contribution in [1.29, 1.82) is 0 Å². The van der Waals surface area contributed by atoms with E-state index in [1.807, 2.05) is 0 Å². The molecule has 0 amide bonds. The maximum absolute atomic E-state index is 11.3. The quantitative estimate of drug-likeness (QED) is 0.337. The van der Waals surface area contributed by atoms with E-state index in [0.29, 0.717) is 11.5 Å². The Labute approximate surface area is 96.4 Å². The van der Waals surface area contributed by atoms with Crippen molar-refractivity contribution in [3.8, 4) is 0 Å². The van der Waals surface area contributed by atoms with E-state index in [0.717, 1.165) is 0 Å². The number of nitrogens with zero attached hydrogens (tertiary/aromatic N) is 2. The number of ether oxygens (including phenoxy) is 1. The monoisotopic (exact) mass is 232 g/mol. The smallest absolute Gasteiger partial charge is 0.363 e. The van der Waals surface area contributed by atoms with Crippen LogP contribution in [0.25, 0.3) is 6.08 Å². The van der Waals surface area contributed by atoms with Gasteiger partial charge in [0.1, 0.15) is 0 Å². The molecule has 0 N–H and O–H groups in total. The van der Waals surface area contributed by atoms with Crippen LogP contribution in [0.15, 0.2) is 35.0 Å². The molecular formula is C11H8N2O4. The number of carbonyl (C=O) groups excluding carboxylic acids is 1. The van der Waals surface area contributed by atoms with Gasteiger partial charge in [0, 0.05) is 19.1 Å². The van der Waals surface area contributed by atoms with Crippen LogP contribution in [0, 0.1) is 10.1 Å². The molecule has 0 saturated carbocycles. The fourth-order valence-corrected chi connectivity index (χ4v) is 1.37. The number of hydrogen-bond donors (Lipinski definition) is 0. The summed E-state index contributed by atoms with van der Waals surface area (Å²) in [5.41, 5.74) is 0.846. The molecule has 0 atom stereocenters. The Hall–Kier alpha value is -2.50. The van der Waals surface area contributed by atoms with Crippen molar-refractivity contribution in [1.82, 2.24) is 0 Å². The lowest BCUT2D eigenvalue weighted by atomic mass is 10.2. The lowest BCUT2D eigenvalue weighted by molar-refractivity contribution is -0.384. The SMILES string of the molecule is CC1=N/C(=C/c2ccc([N+](=O)[O-])cc2)C(=O)O1. The number of rotatable bonds is 2. The molecule has 0 saturated heterocycles. The summed E-state index contributed by atoms with van der Waals surface area (Å²) in [5, 5.41) is 10.4. The first kappa shape index (κ1) is 11.0. The van der Waals surface area contributed by atoms with Crippen LogP contribution in [0.5, 0.6) is 0 Å². The van der Waals surface area contributed by atoms with E-state index in [1.165, 1.54) is 18.2 Å². The molecule has 0 radical (unpaired) electrons. The Morgan fingerprint density at radius 2 is 2.00 bits per heavy atom. The average Bonchev–Trinajstić information content (AvgIpc) is 2.58. The van der Waals surface area contributed by atoms with Crippen molar-refractivity contribution in [2.75, 3.05) is 0 Å². The van der Waals surface area contributed by atoms with E-state index >= 15 is 0 Å². The van der Waals surface area contributed by atoms with Gasteiger partial charge < -0.3 is 4.74 Å². The number of cyclic esters (lactones) is 1. The average molecular weight is 232 g/mol. The first-order chi connectivity index (χ1) is 8.06. The van der Waals surface area contributed by atoms with E-state index in [9.17, 15) is 14.9 Å². The van der Waals surface area contributed by atoms with E-state index in [2.05, 4.69) is 4.99 Å². The summed E-state index contributed by atoms with van der Waals surface area (Å²) >= 11 is 0. The van der Waals surface area contributed by atoms with Crippen LogP contribution in [0.4, 0.5) is 5.69 Å². The summed E-state index contributed by atoms with van der Waals surface area (Å²) in [6.45, 7) is 1.58.